The number of rotatable bonds is 6. The molecule has 6 nitrogen and oxygen atoms in total. The molecule has 1 unspecified atom stereocenters. The van der Waals surface area contributed by atoms with Gasteiger partial charge in [0.25, 0.3) is 0 Å². The van der Waals surface area contributed by atoms with E-state index in [9.17, 15) is 8.42 Å². The van der Waals surface area contributed by atoms with Crippen LogP contribution in [-0.2, 0) is 22.9 Å². The summed E-state index contributed by atoms with van der Waals surface area (Å²) in [6.07, 6.45) is 4.18. The van der Waals surface area contributed by atoms with Crippen molar-refractivity contribution in [2.24, 2.45) is 0 Å². The molecule has 1 heterocycles. The van der Waals surface area contributed by atoms with Crippen LogP contribution in [0.4, 0.5) is 5.69 Å². The number of ether oxygens (including phenoxy) is 1. The third-order valence-corrected chi connectivity index (χ3v) is 9.59. The number of methoxy groups -OCH3 is 1. The summed E-state index contributed by atoms with van der Waals surface area (Å²) in [4.78, 5) is 4.70. The normalized spacial score (nSPS) is 16.6. The van der Waals surface area contributed by atoms with Crippen molar-refractivity contribution < 1.29 is 34.6 Å². The van der Waals surface area contributed by atoms with E-state index >= 15 is 0 Å². The van der Waals surface area contributed by atoms with Crippen molar-refractivity contribution in [3.63, 3.8) is 0 Å². The van der Waals surface area contributed by atoms with Crippen molar-refractivity contribution in [1.82, 2.24) is 8.10 Å². The van der Waals surface area contributed by atoms with E-state index in [4.69, 9.17) is 4.74 Å². The van der Waals surface area contributed by atoms with Gasteiger partial charge in [0, 0.05) is 0 Å². The van der Waals surface area contributed by atoms with Crippen molar-refractivity contribution in [2.75, 3.05) is 25.9 Å². The molecule has 0 spiro atoms. The first-order valence-electron chi connectivity index (χ1n) is 9.75. The minimum absolute atomic E-state index is 0.0923. The number of fused-ring (bicyclic) bond motifs is 2. The Hall–Kier alpha value is -1.91. The van der Waals surface area contributed by atoms with Crippen LogP contribution >= 0.6 is 0 Å². The standard InChI is InChI=1S/C22H25IN3O3S/c1-26(2)23-16-8-9-18-19(13-16)21(29-3)10-11-22(18)30(27,28)25-17-12-15-6-4-5-7-20(15)24-14-17/h4-7,10-12,14,16,25H,8-9,13H2,1-3H3/q-1. The van der Waals surface area contributed by atoms with Crippen LogP contribution in [0.5, 0.6) is 5.75 Å². The number of alkyl halides is 1. The van der Waals surface area contributed by atoms with Crippen LogP contribution < -0.4 is 30.9 Å². The molecule has 8 heteroatoms. The van der Waals surface area contributed by atoms with Crippen molar-refractivity contribution in [3.8, 4) is 5.75 Å². The van der Waals surface area contributed by atoms with E-state index in [1.807, 2.05) is 30.3 Å². The van der Waals surface area contributed by atoms with Crippen molar-refractivity contribution in [2.45, 2.75) is 28.1 Å². The Labute approximate surface area is 188 Å². The van der Waals surface area contributed by atoms with Crippen LogP contribution in [0.2, 0.25) is 0 Å². The maximum atomic E-state index is 13.3. The number of pyridine rings is 1. The van der Waals surface area contributed by atoms with E-state index in [-0.39, 0.29) is 21.5 Å². The van der Waals surface area contributed by atoms with Crippen LogP contribution in [0, 0.1) is 0 Å². The van der Waals surface area contributed by atoms with Gasteiger partial charge in [-0.15, -0.1) is 0 Å². The molecule has 0 radical (unpaired) electrons. The van der Waals surface area contributed by atoms with Gasteiger partial charge in [-0.3, -0.25) is 0 Å². The fourth-order valence-corrected chi connectivity index (χ4v) is 8.04. The zero-order valence-corrected chi connectivity index (χ0v) is 20.2. The third kappa shape index (κ3) is 4.40. The number of nitrogens with zero attached hydrogens (tertiary/aromatic N) is 2. The Balaban J connectivity index is 1.68. The summed E-state index contributed by atoms with van der Waals surface area (Å²) >= 11 is -0.0923. The number of sulfonamides is 1. The summed E-state index contributed by atoms with van der Waals surface area (Å²) in [5.41, 5.74) is 3.22. The second-order valence-electron chi connectivity index (χ2n) is 7.47. The Morgan fingerprint density at radius 2 is 1.97 bits per heavy atom. The summed E-state index contributed by atoms with van der Waals surface area (Å²) in [7, 11) is 2.14. The van der Waals surface area contributed by atoms with Crippen LogP contribution in [0.15, 0.2) is 53.6 Å². The van der Waals surface area contributed by atoms with Crippen LogP contribution in [0.25, 0.3) is 10.9 Å². The van der Waals surface area contributed by atoms with Crippen LogP contribution in [0.3, 0.4) is 0 Å². The van der Waals surface area contributed by atoms with Gasteiger partial charge in [-0.1, -0.05) is 6.07 Å². The van der Waals surface area contributed by atoms with Crippen LogP contribution in [0.1, 0.15) is 17.5 Å². The topological polar surface area (TPSA) is 71.5 Å². The average Bonchev–Trinajstić information content (AvgIpc) is 2.72. The average molecular weight is 538 g/mol. The number of anilines is 1. The molecular weight excluding hydrogens is 513 g/mol. The zero-order valence-electron chi connectivity index (χ0n) is 17.2. The monoisotopic (exact) mass is 538 g/mol. The first-order chi connectivity index (χ1) is 14.4. The fraction of sp³-hybridized carbons (Fsp3) is 0.318. The SMILES string of the molecule is COc1ccc(S(=O)(=O)Nc2cnc3ccccc3c2)c2c1CC([I-]N(C)C)CC2. The van der Waals surface area contributed by atoms with Gasteiger partial charge in [0.1, 0.15) is 0 Å². The molecule has 1 atom stereocenters. The predicted molar refractivity (Wildman–Crippen MR) is 115 cm³/mol. The number of nitrogens with one attached hydrogen (secondary N) is 1. The summed E-state index contributed by atoms with van der Waals surface area (Å²) in [6.45, 7) is 0. The molecule has 1 aliphatic rings. The van der Waals surface area contributed by atoms with E-state index in [2.05, 4.69) is 26.9 Å². The predicted octanol–water partition coefficient (Wildman–Crippen LogP) is 0.467. The van der Waals surface area contributed by atoms with Crippen molar-refractivity contribution in [1.29, 1.82) is 0 Å². The third-order valence-electron chi connectivity index (χ3n) is 5.16. The number of para-hydroxylation sites is 1. The quantitative estimate of drug-likeness (QED) is 0.281. The molecule has 1 aliphatic carbocycles. The molecule has 160 valence electrons. The van der Waals surface area contributed by atoms with Gasteiger partial charge in [0.2, 0.25) is 0 Å². The molecule has 30 heavy (non-hydrogen) atoms. The van der Waals surface area contributed by atoms with E-state index < -0.39 is 10.0 Å². The van der Waals surface area contributed by atoms with Gasteiger partial charge in [0.05, 0.1) is 0 Å². The zero-order chi connectivity index (χ0) is 21.3. The van der Waals surface area contributed by atoms with Crippen LogP contribution in [-0.4, -0.2) is 41.6 Å². The number of halogens is 1. The molecule has 1 N–H and O–H groups in total. The van der Waals surface area contributed by atoms with E-state index in [0.29, 0.717) is 14.5 Å². The molecule has 1 aromatic heterocycles. The Morgan fingerprint density at radius 1 is 1.17 bits per heavy atom. The number of benzene rings is 2. The van der Waals surface area contributed by atoms with Gasteiger partial charge in [-0.2, -0.15) is 0 Å². The molecule has 0 amide bonds. The molecule has 3 aromatic rings. The molecule has 0 bridgehead atoms. The Bertz CT molecular complexity index is 1180. The van der Waals surface area contributed by atoms with Crippen molar-refractivity contribution >= 4 is 26.6 Å². The molecule has 0 fully saturated rings. The van der Waals surface area contributed by atoms with Crippen molar-refractivity contribution in [3.05, 3.63) is 59.8 Å². The van der Waals surface area contributed by atoms with E-state index in [1.54, 1.807) is 25.4 Å². The summed E-state index contributed by atoms with van der Waals surface area (Å²) in [6, 6.07) is 12.9. The number of hydrogen-bond acceptors (Lipinski definition) is 5. The first-order valence-corrected chi connectivity index (χ1v) is 13.4. The summed E-state index contributed by atoms with van der Waals surface area (Å²) in [5, 5.41) is 0.893. The molecular formula is C22H25IN3O3S-. The maximum absolute atomic E-state index is 13.3. The van der Waals surface area contributed by atoms with Gasteiger partial charge in [-0.25, -0.2) is 0 Å². The Kier molecular flexibility index (Phi) is 6.17. The number of aromatic nitrogens is 1. The molecule has 2 aromatic carbocycles. The van der Waals surface area contributed by atoms with Gasteiger partial charge < -0.3 is 0 Å². The summed E-state index contributed by atoms with van der Waals surface area (Å²) in [5.74, 6) is 0.781. The number of hydrogen-bond donors (Lipinski definition) is 1. The molecule has 0 saturated heterocycles. The Morgan fingerprint density at radius 3 is 2.73 bits per heavy atom. The fourth-order valence-electron chi connectivity index (χ4n) is 3.91. The minimum atomic E-state index is -3.74. The first kappa shape index (κ1) is 21.3. The van der Waals surface area contributed by atoms with Gasteiger partial charge in [0.15, 0.2) is 0 Å². The van der Waals surface area contributed by atoms with E-state index in [1.165, 1.54) is 0 Å². The molecule has 0 saturated carbocycles. The van der Waals surface area contributed by atoms with Gasteiger partial charge in [-0.05, 0) is 0 Å². The molecule has 0 aliphatic heterocycles. The molecule has 4 rings (SSSR count). The second kappa shape index (κ2) is 8.68. The van der Waals surface area contributed by atoms with E-state index in [0.717, 1.165) is 47.0 Å². The van der Waals surface area contributed by atoms with Gasteiger partial charge >= 0.3 is 183 Å². The second-order valence-corrected chi connectivity index (χ2v) is 13.4. The summed E-state index contributed by atoms with van der Waals surface area (Å²) < 4.78 is 37.8.